The zero-order valence-corrected chi connectivity index (χ0v) is 12.3. The summed E-state index contributed by atoms with van der Waals surface area (Å²) < 4.78 is 24.9. The number of carbonyl (C=O) groups is 1. The van der Waals surface area contributed by atoms with Gasteiger partial charge in [0.25, 0.3) is 0 Å². The van der Waals surface area contributed by atoms with Crippen molar-refractivity contribution in [3.05, 3.63) is 76.7 Å². The number of rotatable bonds is 5. The first-order chi connectivity index (χ1) is 10.0. The molecule has 0 aliphatic rings. The highest BCUT2D eigenvalue weighted by molar-refractivity contribution is 7.92. The first-order valence-corrected chi connectivity index (χ1v) is 7.88. The van der Waals surface area contributed by atoms with Gasteiger partial charge in [-0.1, -0.05) is 48.5 Å². The highest BCUT2D eigenvalue weighted by atomic mass is 32.2. The number of hydrogen-bond donors (Lipinski definition) is 1. The van der Waals surface area contributed by atoms with E-state index in [0.717, 1.165) is 5.41 Å². The Morgan fingerprint density at radius 3 is 2.33 bits per heavy atom. The van der Waals surface area contributed by atoms with E-state index in [1.165, 1.54) is 13.1 Å². The van der Waals surface area contributed by atoms with E-state index >= 15 is 0 Å². The molecule has 0 atom stereocenters. The fraction of sp³-hybridized carbons (Fsp3) is 0.0625. The molecular formula is C16H15NO3S. The lowest BCUT2D eigenvalue weighted by molar-refractivity contribution is 0.103. The molecule has 2 aromatic rings. The van der Waals surface area contributed by atoms with Gasteiger partial charge < -0.3 is 0 Å². The molecule has 0 radical (unpaired) electrons. The van der Waals surface area contributed by atoms with Crippen molar-refractivity contribution in [3.8, 4) is 0 Å². The number of hydrogen-bond acceptors (Lipinski definition) is 3. The van der Waals surface area contributed by atoms with E-state index in [2.05, 4.69) is 4.72 Å². The van der Waals surface area contributed by atoms with E-state index in [1.54, 1.807) is 48.5 Å². The summed E-state index contributed by atoms with van der Waals surface area (Å²) in [5.74, 6) is -0.0951. The topological polar surface area (TPSA) is 63.2 Å². The van der Waals surface area contributed by atoms with Crippen molar-refractivity contribution >= 4 is 21.9 Å². The molecule has 4 nitrogen and oxygen atoms in total. The molecule has 0 aliphatic carbocycles. The Bertz CT molecular complexity index is 765. The monoisotopic (exact) mass is 301 g/mol. The van der Waals surface area contributed by atoms with Crippen molar-refractivity contribution in [2.24, 2.45) is 0 Å². The number of sulfonamides is 1. The van der Waals surface area contributed by atoms with Crippen molar-refractivity contribution in [2.75, 3.05) is 7.05 Å². The summed E-state index contributed by atoms with van der Waals surface area (Å²) in [7, 11) is -2.08. The Labute approximate surface area is 124 Å². The molecule has 0 saturated heterocycles. The van der Waals surface area contributed by atoms with Crippen molar-refractivity contribution in [1.82, 2.24) is 4.72 Å². The van der Waals surface area contributed by atoms with Crippen molar-refractivity contribution in [1.29, 1.82) is 0 Å². The van der Waals surface area contributed by atoms with Gasteiger partial charge in [-0.25, -0.2) is 13.1 Å². The van der Waals surface area contributed by atoms with Gasteiger partial charge in [0.05, 0.1) is 0 Å². The summed E-state index contributed by atoms with van der Waals surface area (Å²) in [6.07, 6.45) is 1.45. The number of benzene rings is 2. The average Bonchev–Trinajstić information content (AvgIpc) is 2.53. The van der Waals surface area contributed by atoms with Gasteiger partial charge in [0, 0.05) is 16.5 Å². The molecule has 0 amide bonds. The van der Waals surface area contributed by atoms with Crippen LogP contribution in [-0.4, -0.2) is 21.2 Å². The standard InChI is InChI=1S/C16H15NO3S/c1-17-21(19,20)11-10-13-6-5-9-15(12-13)16(18)14-7-3-2-4-8-14/h2-12,17H,1H3/b11-10+. The molecule has 0 aliphatic heterocycles. The zero-order valence-electron chi connectivity index (χ0n) is 11.5. The highest BCUT2D eigenvalue weighted by Crippen LogP contribution is 2.13. The van der Waals surface area contributed by atoms with Gasteiger partial charge in [-0.2, -0.15) is 0 Å². The molecule has 0 spiro atoms. The molecule has 0 aromatic heterocycles. The first kappa shape index (κ1) is 15.2. The highest BCUT2D eigenvalue weighted by Gasteiger charge is 2.08. The summed E-state index contributed by atoms with van der Waals surface area (Å²) in [5, 5.41) is 1.07. The van der Waals surface area contributed by atoms with Gasteiger partial charge in [-0.15, -0.1) is 0 Å². The van der Waals surface area contributed by atoms with Crippen LogP contribution in [0.1, 0.15) is 21.5 Å². The maximum Gasteiger partial charge on any atom is 0.233 e. The minimum Gasteiger partial charge on any atom is -0.289 e. The minimum absolute atomic E-state index is 0.0951. The predicted molar refractivity (Wildman–Crippen MR) is 83.3 cm³/mol. The van der Waals surface area contributed by atoms with Crippen molar-refractivity contribution < 1.29 is 13.2 Å². The normalized spacial score (nSPS) is 11.7. The fourth-order valence-electron chi connectivity index (χ4n) is 1.78. The molecule has 1 N–H and O–H groups in total. The lowest BCUT2D eigenvalue weighted by atomic mass is 10.0. The van der Waals surface area contributed by atoms with Gasteiger partial charge in [0.2, 0.25) is 10.0 Å². The molecule has 0 heterocycles. The maximum atomic E-state index is 12.3. The smallest absolute Gasteiger partial charge is 0.233 e. The Morgan fingerprint density at radius 1 is 1.00 bits per heavy atom. The maximum absolute atomic E-state index is 12.3. The summed E-state index contributed by atoms with van der Waals surface area (Å²) in [6, 6.07) is 15.8. The van der Waals surface area contributed by atoms with Gasteiger partial charge in [0.15, 0.2) is 5.78 Å². The Balaban J connectivity index is 2.28. The zero-order chi connectivity index (χ0) is 15.3. The van der Waals surface area contributed by atoms with E-state index in [0.29, 0.717) is 16.7 Å². The van der Waals surface area contributed by atoms with Crippen LogP contribution in [0.4, 0.5) is 0 Å². The second-order valence-electron chi connectivity index (χ2n) is 4.37. The number of carbonyl (C=O) groups excluding carboxylic acids is 1. The molecular weight excluding hydrogens is 286 g/mol. The molecule has 0 unspecified atom stereocenters. The van der Waals surface area contributed by atoms with Gasteiger partial charge in [-0.3, -0.25) is 4.79 Å². The van der Waals surface area contributed by atoms with E-state index in [4.69, 9.17) is 0 Å². The van der Waals surface area contributed by atoms with E-state index in [9.17, 15) is 13.2 Å². The fourth-order valence-corrected chi connectivity index (χ4v) is 2.25. The van der Waals surface area contributed by atoms with Crippen LogP contribution in [0, 0.1) is 0 Å². The summed E-state index contributed by atoms with van der Waals surface area (Å²) in [4.78, 5) is 12.3. The molecule has 108 valence electrons. The van der Waals surface area contributed by atoms with E-state index < -0.39 is 10.0 Å². The average molecular weight is 301 g/mol. The Hall–Kier alpha value is -2.24. The molecule has 0 bridgehead atoms. The Morgan fingerprint density at radius 2 is 1.67 bits per heavy atom. The largest absolute Gasteiger partial charge is 0.289 e. The molecule has 2 rings (SSSR count). The lowest BCUT2D eigenvalue weighted by Crippen LogP contribution is -2.14. The van der Waals surface area contributed by atoms with Crippen LogP contribution in [0.2, 0.25) is 0 Å². The molecule has 0 fully saturated rings. The van der Waals surface area contributed by atoms with Crippen LogP contribution in [0.5, 0.6) is 0 Å². The second-order valence-corrected chi connectivity index (χ2v) is 6.14. The third-order valence-electron chi connectivity index (χ3n) is 2.91. The van der Waals surface area contributed by atoms with Crippen molar-refractivity contribution in [3.63, 3.8) is 0 Å². The van der Waals surface area contributed by atoms with E-state index in [-0.39, 0.29) is 5.78 Å². The second kappa shape index (κ2) is 6.47. The van der Waals surface area contributed by atoms with Crippen LogP contribution in [0.3, 0.4) is 0 Å². The Kier molecular flexibility index (Phi) is 4.67. The van der Waals surface area contributed by atoms with Crippen LogP contribution in [-0.2, 0) is 10.0 Å². The van der Waals surface area contributed by atoms with Crippen molar-refractivity contribution in [2.45, 2.75) is 0 Å². The third kappa shape index (κ3) is 4.11. The molecule has 21 heavy (non-hydrogen) atoms. The van der Waals surface area contributed by atoms with Gasteiger partial charge >= 0.3 is 0 Å². The van der Waals surface area contributed by atoms with Gasteiger partial charge in [-0.05, 0) is 24.8 Å². The van der Waals surface area contributed by atoms with Crippen LogP contribution < -0.4 is 4.72 Å². The number of nitrogens with one attached hydrogen (secondary N) is 1. The van der Waals surface area contributed by atoms with Crippen LogP contribution >= 0.6 is 0 Å². The minimum atomic E-state index is -3.42. The molecule has 2 aromatic carbocycles. The summed E-state index contributed by atoms with van der Waals surface area (Å²) >= 11 is 0. The van der Waals surface area contributed by atoms with E-state index in [1.807, 2.05) is 6.07 Å². The quantitative estimate of drug-likeness (QED) is 0.863. The predicted octanol–water partition coefficient (Wildman–Crippen LogP) is 2.44. The summed E-state index contributed by atoms with van der Waals surface area (Å²) in [5.41, 5.74) is 1.77. The first-order valence-electron chi connectivity index (χ1n) is 6.33. The SMILES string of the molecule is CNS(=O)(=O)/C=C/c1cccc(C(=O)c2ccccc2)c1. The van der Waals surface area contributed by atoms with Crippen LogP contribution in [0.25, 0.3) is 6.08 Å². The molecule has 5 heteroatoms. The van der Waals surface area contributed by atoms with Crippen LogP contribution in [0.15, 0.2) is 60.0 Å². The lowest BCUT2D eigenvalue weighted by Gasteiger charge is -2.02. The summed E-state index contributed by atoms with van der Waals surface area (Å²) in [6.45, 7) is 0. The molecule has 0 saturated carbocycles. The third-order valence-corrected chi connectivity index (χ3v) is 3.97. The number of ketones is 1. The van der Waals surface area contributed by atoms with Gasteiger partial charge in [0.1, 0.15) is 0 Å².